The maximum atomic E-state index is 12.9. The zero-order valence-corrected chi connectivity index (χ0v) is 16.6. The van der Waals surface area contributed by atoms with Crippen LogP contribution >= 0.6 is 0 Å². The Morgan fingerprint density at radius 1 is 1.07 bits per heavy atom. The molecule has 2 aromatic carbocycles. The summed E-state index contributed by atoms with van der Waals surface area (Å²) >= 11 is 0. The van der Waals surface area contributed by atoms with Crippen molar-refractivity contribution in [1.29, 1.82) is 0 Å². The van der Waals surface area contributed by atoms with Crippen LogP contribution in [-0.2, 0) is 16.6 Å². The van der Waals surface area contributed by atoms with Gasteiger partial charge < -0.3 is 9.26 Å². The summed E-state index contributed by atoms with van der Waals surface area (Å²) in [5, 5.41) is 3.94. The second-order valence-electron chi connectivity index (χ2n) is 6.37. The molecule has 0 saturated carbocycles. The van der Waals surface area contributed by atoms with Gasteiger partial charge in [-0.3, -0.25) is 0 Å². The molecule has 0 aliphatic heterocycles. The Morgan fingerprint density at radius 3 is 2.37 bits per heavy atom. The molecule has 6 nitrogen and oxygen atoms in total. The SMILES string of the molecule is COc1ccc(-c2c(C)noc2C)cc1S(=O)(=O)NCc1ccc(C)cc1. The molecule has 1 N–H and O–H groups in total. The molecule has 7 heteroatoms. The highest BCUT2D eigenvalue weighted by atomic mass is 32.2. The van der Waals surface area contributed by atoms with Crippen molar-refractivity contribution < 1.29 is 17.7 Å². The molecule has 0 radical (unpaired) electrons. The zero-order chi connectivity index (χ0) is 19.6. The number of nitrogens with one attached hydrogen (secondary N) is 1. The van der Waals surface area contributed by atoms with E-state index in [0.29, 0.717) is 17.0 Å². The van der Waals surface area contributed by atoms with Gasteiger partial charge in [0.25, 0.3) is 0 Å². The normalized spacial score (nSPS) is 11.6. The van der Waals surface area contributed by atoms with Gasteiger partial charge in [-0.25, -0.2) is 13.1 Å². The minimum absolute atomic E-state index is 0.0783. The minimum Gasteiger partial charge on any atom is -0.495 e. The van der Waals surface area contributed by atoms with Gasteiger partial charge in [-0.2, -0.15) is 0 Å². The molecule has 1 heterocycles. The average Bonchev–Trinajstić information content (AvgIpc) is 2.99. The molecule has 0 bridgehead atoms. The van der Waals surface area contributed by atoms with Gasteiger partial charge in [-0.05, 0) is 44.0 Å². The maximum absolute atomic E-state index is 12.9. The lowest BCUT2D eigenvalue weighted by Gasteiger charge is -2.13. The molecule has 1 aromatic heterocycles. The third-order valence-corrected chi connectivity index (χ3v) is 5.78. The Bertz CT molecular complexity index is 1030. The van der Waals surface area contributed by atoms with E-state index in [2.05, 4.69) is 9.88 Å². The number of hydrogen-bond donors (Lipinski definition) is 1. The van der Waals surface area contributed by atoms with Crippen molar-refractivity contribution in [2.24, 2.45) is 0 Å². The number of rotatable bonds is 6. The van der Waals surface area contributed by atoms with Crippen molar-refractivity contribution in [1.82, 2.24) is 9.88 Å². The van der Waals surface area contributed by atoms with Crippen LogP contribution in [0.3, 0.4) is 0 Å². The first kappa shape index (κ1) is 19.1. The molecule has 0 aliphatic rings. The second kappa shape index (κ2) is 7.54. The minimum atomic E-state index is -3.78. The Labute approximate surface area is 159 Å². The lowest BCUT2D eigenvalue weighted by molar-refractivity contribution is 0.393. The fourth-order valence-electron chi connectivity index (χ4n) is 2.90. The summed E-state index contributed by atoms with van der Waals surface area (Å²) in [7, 11) is -2.33. The number of benzene rings is 2. The monoisotopic (exact) mass is 386 g/mol. The molecule has 0 spiro atoms. The van der Waals surface area contributed by atoms with Crippen molar-refractivity contribution in [3.05, 3.63) is 65.0 Å². The molecule has 3 rings (SSSR count). The molecule has 0 unspecified atom stereocenters. The summed E-state index contributed by atoms with van der Waals surface area (Å²) in [6, 6.07) is 12.7. The number of nitrogens with zero attached hydrogens (tertiary/aromatic N) is 1. The molecule has 0 aliphatic carbocycles. The predicted octanol–water partition coefficient (Wildman–Crippen LogP) is 3.75. The van der Waals surface area contributed by atoms with Crippen molar-refractivity contribution in [2.75, 3.05) is 7.11 Å². The summed E-state index contributed by atoms with van der Waals surface area (Å²) in [5.41, 5.74) is 4.20. The number of sulfonamides is 1. The van der Waals surface area contributed by atoms with Crippen LogP contribution in [-0.4, -0.2) is 20.7 Å². The fourth-order valence-corrected chi connectivity index (χ4v) is 4.11. The van der Waals surface area contributed by atoms with E-state index in [4.69, 9.17) is 9.26 Å². The highest BCUT2D eigenvalue weighted by molar-refractivity contribution is 7.89. The van der Waals surface area contributed by atoms with Crippen LogP contribution in [0.15, 0.2) is 51.9 Å². The van der Waals surface area contributed by atoms with E-state index < -0.39 is 10.0 Å². The van der Waals surface area contributed by atoms with E-state index >= 15 is 0 Å². The summed E-state index contributed by atoms with van der Waals surface area (Å²) in [5.74, 6) is 0.913. The summed E-state index contributed by atoms with van der Waals surface area (Å²) < 4.78 is 38.9. The second-order valence-corrected chi connectivity index (χ2v) is 8.11. The van der Waals surface area contributed by atoms with E-state index in [9.17, 15) is 8.42 Å². The Kier molecular flexibility index (Phi) is 5.34. The van der Waals surface area contributed by atoms with E-state index in [0.717, 1.165) is 16.7 Å². The molecule has 0 amide bonds. The number of ether oxygens (including phenoxy) is 1. The van der Waals surface area contributed by atoms with Gasteiger partial charge in [0.15, 0.2) is 0 Å². The van der Waals surface area contributed by atoms with Gasteiger partial charge in [-0.1, -0.05) is 41.1 Å². The van der Waals surface area contributed by atoms with Gasteiger partial charge in [0.2, 0.25) is 10.0 Å². The predicted molar refractivity (Wildman–Crippen MR) is 103 cm³/mol. The lowest BCUT2D eigenvalue weighted by Crippen LogP contribution is -2.23. The van der Waals surface area contributed by atoms with E-state index in [1.165, 1.54) is 7.11 Å². The first-order valence-electron chi connectivity index (χ1n) is 8.48. The number of methoxy groups -OCH3 is 1. The molecule has 0 saturated heterocycles. The number of aryl methyl sites for hydroxylation is 3. The highest BCUT2D eigenvalue weighted by Gasteiger charge is 2.22. The van der Waals surface area contributed by atoms with Gasteiger partial charge in [0.1, 0.15) is 16.4 Å². The molecule has 3 aromatic rings. The number of hydrogen-bond acceptors (Lipinski definition) is 5. The standard InChI is InChI=1S/C20H22N2O4S/c1-13-5-7-16(8-6-13)12-21-27(23,24)19-11-17(9-10-18(19)25-4)20-14(2)22-26-15(20)3/h5-11,21H,12H2,1-4H3. The average molecular weight is 386 g/mol. The van der Waals surface area contributed by atoms with Crippen LogP contribution < -0.4 is 9.46 Å². The van der Waals surface area contributed by atoms with E-state index in [1.54, 1.807) is 25.1 Å². The molecular weight excluding hydrogens is 364 g/mol. The van der Waals surface area contributed by atoms with Crippen LogP contribution in [0.4, 0.5) is 0 Å². The number of aromatic nitrogens is 1. The smallest absolute Gasteiger partial charge is 0.244 e. The Morgan fingerprint density at radius 2 is 1.78 bits per heavy atom. The molecule has 0 fully saturated rings. The van der Waals surface area contributed by atoms with Crippen LogP contribution in [0, 0.1) is 20.8 Å². The van der Waals surface area contributed by atoms with Crippen LogP contribution in [0.2, 0.25) is 0 Å². The van der Waals surface area contributed by atoms with Gasteiger partial charge in [0, 0.05) is 12.1 Å². The zero-order valence-electron chi connectivity index (χ0n) is 15.7. The lowest BCUT2D eigenvalue weighted by atomic mass is 10.0. The molecule has 0 atom stereocenters. The van der Waals surface area contributed by atoms with Gasteiger partial charge in [0.05, 0.1) is 12.8 Å². The molecular formula is C20H22N2O4S. The van der Waals surface area contributed by atoms with Crippen molar-refractivity contribution in [3.8, 4) is 16.9 Å². The first-order chi connectivity index (χ1) is 12.8. The first-order valence-corrected chi connectivity index (χ1v) is 9.96. The molecule has 142 valence electrons. The maximum Gasteiger partial charge on any atom is 0.244 e. The highest BCUT2D eigenvalue weighted by Crippen LogP contribution is 2.33. The van der Waals surface area contributed by atoms with Crippen molar-refractivity contribution >= 4 is 10.0 Å². The Balaban J connectivity index is 1.95. The van der Waals surface area contributed by atoms with Gasteiger partial charge >= 0.3 is 0 Å². The Hall–Kier alpha value is -2.64. The summed E-state index contributed by atoms with van der Waals surface area (Å²) in [6.07, 6.45) is 0. The quantitative estimate of drug-likeness (QED) is 0.698. The van der Waals surface area contributed by atoms with Gasteiger partial charge in [-0.15, -0.1) is 0 Å². The fraction of sp³-hybridized carbons (Fsp3) is 0.250. The molecule has 27 heavy (non-hydrogen) atoms. The third-order valence-electron chi connectivity index (χ3n) is 4.36. The van der Waals surface area contributed by atoms with Crippen LogP contribution in [0.25, 0.3) is 11.1 Å². The summed E-state index contributed by atoms with van der Waals surface area (Å²) in [4.78, 5) is 0.0783. The third kappa shape index (κ3) is 4.04. The topological polar surface area (TPSA) is 81.4 Å². The van der Waals surface area contributed by atoms with E-state index in [1.807, 2.05) is 38.1 Å². The van der Waals surface area contributed by atoms with Crippen molar-refractivity contribution in [3.63, 3.8) is 0 Å². The largest absolute Gasteiger partial charge is 0.495 e. The van der Waals surface area contributed by atoms with Crippen LogP contribution in [0.1, 0.15) is 22.6 Å². The van der Waals surface area contributed by atoms with E-state index in [-0.39, 0.29) is 17.2 Å². The summed E-state index contributed by atoms with van der Waals surface area (Å²) in [6.45, 7) is 5.80. The van der Waals surface area contributed by atoms with Crippen molar-refractivity contribution in [2.45, 2.75) is 32.2 Å². The van der Waals surface area contributed by atoms with Crippen LogP contribution in [0.5, 0.6) is 5.75 Å².